The Balaban J connectivity index is 2.26. The van der Waals surface area contributed by atoms with Crippen LogP contribution in [0.4, 0.5) is 5.69 Å². The summed E-state index contributed by atoms with van der Waals surface area (Å²) in [6, 6.07) is 15.5. The fourth-order valence-electron chi connectivity index (χ4n) is 1.83. The third-order valence-electron chi connectivity index (χ3n) is 2.84. The molecular formula is C14H16N2O2S. The highest BCUT2D eigenvalue weighted by Crippen LogP contribution is 2.20. The predicted octanol–water partition coefficient (Wildman–Crippen LogP) is 2.31. The van der Waals surface area contributed by atoms with Crippen LogP contribution in [-0.2, 0) is 10.0 Å². The summed E-state index contributed by atoms with van der Waals surface area (Å²) in [5.74, 6) is 0. The lowest BCUT2D eigenvalue weighted by Crippen LogP contribution is -2.27. The van der Waals surface area contributed by atoms with Crippen molar-refractivity contribution in [2.45, 2.75) is 17.9 Å². The molecule has 0 spiro atoms. The molecule has 0 aliphatic rings. The van der Waals surface area contributed by atoms with Crippen LogP contribution in [0.15, 0.2) is 59.5 Å². The molecule has 0 aliphatic heterocycles. The van der Waals surface area contributed by atoms with Gasteiger partial charge in [-0.2, -0.15) is 0 Å². The molecule has 2 aromatic rings. The number of nitrogens with two attached hydrogens (primary N) is 1. The lowest BCUT2D eigenvalue weighted by atomic mass is 10.1. The number of sulfonamides is 1. The van der Waals surface area contributed by atoms with Gasteiger partial charge in [0.05, 0.1) is 5.69 Å². The van der Waals surface area contributed by atoms with E-state index in [9.17, 15) is 8.42 Å². The Morgan fingerprint density at radius 2 is 1.58 bits per heavy atom. The van der Waals surface area contributed by atoms with Gasteiger partial charge in [-0.25, -0.2) is 13.1 Å². The number of benzene rings is 2. The highest BCUT2D eigenvalue weighted by atomic mass is 32.2. The summed E-state index contributed by atoms with van der Waals surface area (Å²) in [4.78, 5) is 0.109. The molecule has 0 aliphatic carbocycles. The Labute approximate surface area is 113 Å². The SMILES string of the molecule is CC(NS(=O)(=O)c1ccccc1N)c1ccccc1. The van der Waals surface area contributed by atoms with Crippen molar-refractivity contribution in [2.75, 3.05) is 5.73 Å². The molecule has 0 amide bonds. The molecule has 0 fully saturated rings. The van der Waals surface area contributed by atoms with E-state index >= 15 is 0 Å². The normalized spacial score (nSPS) is 13.1. The van der Waals surface area contributed by atoms with Crippen LogP contribution in [0.3, 0.4) is 0 Å². The molecule has 1 unspecified atom stereocenters. The van der Waals surface area contributed by atoms with Gasteiger partial charge in [0.15, 0.2) is 0 Å². The molecule has 3 N–H and O–H groups in total. The Hall–Kier alpha value is -1.85. The highest BCUT2D eigenvalue weighted by molar-refractivity contribution is 7.89. The first-order chi connectivity index (χ1) is 9.00. The highest BCUT2D eigenvalue weighted by Gasteiger charge is 2.20. The van der Waals surface area contributed by atoms with Crippen LogP contribution in [0.25, 0.3) is 0 Å². The molecule has 0 heterocycles. The van der Waals surface area contributed by atoms with Gasteiger partial charge in [-0.1, -0.05) is 42.5 Å². The molecule has 100 valence electrons. The monoisotopic (exact) mass is 276 g/mol. The summed E-state index contributed by atoms with van der Waals surface area (Å²) >= 11 is 0. The first-order valence-electron chi connectivity index (χ1n) is 5.92. The Morgan fingerprint density at radius 1 is 1.00 bits per heavy atom. The average Bonchev–Trinajstić information content (AvgIpc) is 2.39. The molecule has 2 rings (SSSR count). The largest absolute Gasteiger partial charge is 0.398 e. The van der Waals surface area contributed by atoms with Crippen molar-refractivity contribution in [3.05, 3.63) is 60.2 Å². The molecule has 0 bridgehead atoms. The van der Waals surface area contributed by atoms with Gasteiger partial charge in [0.1, 0.15) is 4.90 Å². The minimum Gasteiger partial charge on any atom is -0.398 e. The summed E-state index contributed by atoms with van der Waals surface area (Å²) < 4.78 is 27.1. The van der Waals surface area contributed by atoms with Gasteiger partial charge in [-0.05, 0) is 24.6 Å². The zero-order chi connectivity index (χ0) is 13.9. The maximum atomic E-state index is 12.2. The van der Waals surface area contributed by atoms with Crippen molar-refractivity contribution in [3.8, 4) is 0 Å². The lowest BCUT2D eigenvalue weighted by molar-refractivity contribution is 0.567. The van der Waals surface area contributed by atoms with Crippen LogP contribution in [0.1, 0.15) is 18.5 Å². The zero-order valence-corrected chi connectivity index (χ0v) is 11.4. The van der Waals surface area contributed by atoms with E-state index in [1.54, 1.807) is 25.1 Å². The van der Waals surface area contributed by atoms with Crippen molar-refractivity contribution in [3.63, 3.8) is 0 Å². The fourth-order valence-corrected chi connectivity index (χ4v) is 3.20. The zero-order valence-electron chi connectivity index (χ0n) is 10.6. The lowest BCUT2D eigenvalue weighted by Gasteiger charge is -2.15. The molecule has 0 radical (unpaired) electrons. The molecular weight excluding hydrogens is 260 g/mol. The van der Waals surface area contributed by atoms with Gasteiger partial charge in [0.25, 0.3) is 0 Å². The van der Waals surface area contributed by atoms with E-state index in [1.165, 1.54) is 6.07 Å². The molecule has 4 nitrogen and oxygen atoms in total. The van der Waals surface area contributed by atoms with Crippen molar-refractivity contribution < 1.29 is 8.42 Å². The van der Waals surface area contributed by atoms with Gasteiger partial charge in [0.2, 0.25) is 10.0 Å². The Morgan fingerprint density at radius 3 is 2.21 bits per heavy atom. The number of anilines is 1. The van der Waals surface area contributed by atoms with E-state index < -0.39 is 10.0 Å². The van der Waals surface area contributed by atoms with E-state index in [0.29, 0.717) is 0 Å². The van der Waals surface area contributed by atoms with E-state index in [1.807, 2.05) is 30.3 Å². The molecule has 0 aromatic heterocycles. The predicted molar refractivity (Wildman–Crippen MR) is 76.0 cm³/mol. The summed E-state index contributed by atoms with van der Waals surface area (Å²) in [6.07, 6.45) is 0. The van der Waals surface area contributed by atoms with Crippen LogP contribution in [0.2, 0.25) is 0 Å². The summed E-state index contributed by atoms with van der Waals surface area (Å²) in [6.45, 7) is 1.80. The summed E-state index contributed by atoms with van der Waals surface area (Å²) in [7, 11) is -3.61. The van der Waals surface area contributed by atoms with Gasteiger partial charge in [-0.15, -0.1) is 0 Å². The smallest absolute Gasteiger partial charge is 0.243 e. The minimum atomic E-state index is -3.61. The molecule has 5 heteroatoms. The summed E-state index contributed by atoms with van der Waals surface area (Å²) in [5, 5.41) is 0. The van der Waals surface area contributed by atoms with Gasteiger partial charge in [0, 0.05) is 6.04 Å². The topological polar surface area (TPSA) is 72.2 Å². The molecule has 2 aromatic carbocycles. The van der Waals surface area contributed by atoms with Gasteiger partial charge >= 0.3 is 0 Å². The maximum Gasteiger partial charge on any atom is 0.243 e. The second-order valence-corrected chi connectivity index (χ2v) is 5.97. The quantitative estimate of drug-likeness (QED) is 0.842. The van der Waals surface area contributed by atoms with Crippen LogP contribution in [-0.4, -0.2) is 8.42 Å². The second kappa shape index (κ2) is 5.42. The third kappa shape index (κ3) is 3.13. The number of nitrogens with one attached hydrogen (secondary N) is 1. The van der Waals surface area contributed by atoms with Crippen LogP contribution in [0, 0.1) is 0 Å². The van der Waals surface area contributed by atoms with Crippen molar-refractivity contribution >= 4 is 15.7 Å². The molecule has 1 atom stereocenters. The fraction of sp³-hybridized carbons (Fsp3) is 0.143. The molecule has 0 saturated heterocycles. The molecule has 19 heavy (non-hydrogen) atoms. The average molecular weight is 276 g/mol. The van der Waals surface area contributed by atoms with Crippen molar-refractivity contribution in [1.29, 1.82) is 0 Å². The van der Waals surface area contributed by atoms with Crippen LogP contribution in [0.5, 0.6) is 0 Å². The first kappa shape index (κ1) is 13.6. The van der Waals surface area contributed by atoms with Crippen molar-refractivity contribution in [2.24, 2.45) is 0 Å². The van der Waals surface area contributed by atoms with Gasteiger partial charge < -0.3 is 5.73 Å². The Bertz CT molecular complexity index is 654. The third-order valence-corrected chi connectivity index (χ3v) is 4.45. The maximum absolute atomic E-state index is 12.2. The van der Waals surface area contributed by atoms with Gasteiger partial charge in [-0.3, -0.25) is 0 Å². The van der Waals surface area contributed by atoms with E-state index in [-0.39, 0.29) is 16.6 Å². The number of para-hydroxylation sites is 1. The second-order valence-electron chi connectivity index (χ2n) is 4.29. The number of rotatable bonds is 4. The number of hydrogen-bond acceptors (Lipinski definition) is 3. The van der Waals surface area contributed by atoms with Crippen molar-refractivity contribution in [1.82, 2.24) is 4.72 Å². The number of hydrogen-bond donors (Lipinski definition) is 2. The summed E-state index contributed by atoms with van der Waals surface area (Å²) in [5.41, 5.74) is 6.85. The standard InChI is InChI=1S/C14H16N2O2S/c1-11(12-7-3-2-4-8-12)16-19(17,18)14-10-6-5-9-13(14)15/h2-11,16H,15H2,1H3. The minimum absolute atomic E-state index is 0.109. The van der Waals surface area contributed by atoms with Crippen LogP contribution >= 0.6 is 0 Å². The number of nitrogen functional groups attached to an aromatic ring is 1. The van der Waals surface area contributed by atoms with Crippen LogP contribution < -0.4 is 10.5 Å². The first-order valence-corrected chi connectivity index (χ1v) is 7.41. The van der Waals surface area contributed by atoms with E-state index in [0.717, 1.165) is 5.56 Å². The molecule has 0 saturated carbocycles. The van der Waals surface area contributed by atoms with E-state index in [2.05, 4.69) is 4.72 Å². The Kier molecular flexibility index (Phi) is 3.87. The van der Waals surface area contributed by atoms with E-state index in [4.69, 9.17) is 5.73 Å².